The molecule has 3 atom stereocenters. The van der Waals surface area contributed by atoms with E-state index in [0.717, 1.165) is 12.5 Å². The highest BCUT2D eigenvalue weighted by molar-refractivity contribution is 4.88. The van der Waals surface area contributed by atoms with Crippen molar-refractivity contribution in [3.05, 3.63) is 0 Å². The van der Waals surface area contributed by atoms with Gasteiger partial charge in [-0.1, -0.05) is 6.42 Å². The standard InChI is InChI=1S/C12H25N3/c1-15-7-3-5-11(9-15)14-12-6-2-4-10(12)8-13/h10-12,14H,2-9,13H2,1H3. The van der Waals surface area contributed by atoms with E-state index in [-0.39, 0.29) is 0 Å². The Hall–Kier alpha value is -0.120. The summed E-state index contributed by atoms with van der Waals surface area (Å²) in [6.45, 7) is 3.34. The number of nitrogens with one attached hydrogen (secondary N) is 1. The van der Waals surface area contributed by atoms with Crippen LogP contribution < -0.4 is 11.1 Å². The molecular formula is C12H25N3. The SMILES string of the molecule is CN1CCCC(NC2CCCC2CN)C1. The van der Waals surface area contributed by atoms with E-state index >= 15 is 0 Å². The van der Waals surface area contributed by atoms with Gasteiger partial charge in [0.1, 0.15) is 0 Å². The average Bonchev–Trinajstić information content (AvgIpc) is 2.65. The molecule has 1 aliphatic heterocycles. The second-order valence-corrected chi connectivity index (χ2v) is 5.30. The van der Waals surface area contributed by atoms with Crippen LogP contribution in [0, 0.1) is 5.92 Å². The van der Waals surface area contributed by atoms with Crippen LogP contribution in [-0.4, -0.2) is 43.7 Å². The molecule has 0 aromatic heterocycles. The minimum absolute atomic E-state index is 0.700. The molecule has 1 saturated carbocycles. The second-order valence-electron chi connectivity index (χ2n) is 5.30. The fraction of sp³-hybridized carbons (Fsp3) is 1.00. The van der Waals surface area contributed by atoms with E-state index in [4.69, 9.17) is 5.73 Å². The second kappa shape index (κ2) is 5.28. The number of likely N-dealkylation sites (tertiary alicyclic amines) is 1. The summed E-state index contributed by atoms with van der Waals surface area (Å²) in [5.74, 6) is 0.734. The number of piperidine rings is 1. The highest BCUT2D eigenvalue weighted by Gasteiger charge is 2.28. The minimum atomic E-state index is 0.700. The van der Waals surface area contributed by atoms with Crippen LogP contribution in [0.25, 0.3) is 0 Å². The van der Waals surface area contributed by atoms with Crippen LogP contribution in [0.3, 0.4) is 0 Å². The van der Waals surface area contributed by atoms with Crippen molar-refractivity contribution >= 4 is 0 Å². The van der Waals surface area contributed by atoms with Gasteiger partial charge in [-0.3, -0.25) is 0 Å². The number of rotatable bonds is 3. The number of nitrogens with zero attached hydrogens (tertiary/aromatic N) is 1. The lowest BCUT2D eigenvalue weighted by atomic mass is 10.00. The third kappa shape index (κ3) is 2.92. The maximum atomic E-state index is 5.81. The summed E-state index contributed by atoms with van der Waals surface area (Å²) >= 11 is 0. The zero-order chi connectivity index (χ0) is 10.7. The first-order valence-corrected chi connectivity index (χ1v) is 6.44. The predicted molar refractivity (Wildman–Crippen MR) is 63.8 cm³/mol. The Balaban J connectivity index is 1.80. The minimum Gasteiger partial charge on any atom is -0.330 e. The van der Waals surface area contributed by atoms with Gasteiger partial charge in [0.05, 0.1) is 0 Å². The summed E-state index contributed by atoms with van der Waals surface area (Å²) in [7, 11) is 2.23. The fourth-order valence-corrected chi connectivity index (χ4v) is 3.14. The largest absolute Gasteiger partial charge is 0.330 e. The van der Waals surface area contributed by atoms with E-state index in [9.17, 15) is 0 Å². The molecule has 0 aromatic rings. The zero-order valence-corrected chi connectivity index (χ0v) is 9.91. The summed E-state index contributed by atoms with van der Waals surface area (Å²) in [6, 6.07) is 1.41. The molecule has 0 radical (unpaired) electrons. The highest BCUT2D eigenvalue weighted by Crippen LogP contribution is 2.25. The molecule has 1 heterocycles. The molecule has 2 rings (SSSR count). The summed E-state index contributed by atoms with van der Waals surface area (Å²) in [4.78, 5) is 2.44. The van der Waals surface area contributed by atoms with E-state index in [0.29, 0.717) is 12.1 Å². The molecule has 88 valence electrons. The average molecular weight is 211 g/mol. The van der Waals surface area contributed by atoms with Crippen molar-refractivity contribution in [1.82, 2.24) is 10.2 Å². The number of hydrogen-bond donors (Lipinski definition) is 2. The van der Waals surface area contributed by atoms with Crippen LogP contribution in [0.2, 0.25) is 0 Å². The molecule has 2 aliphatic rings. The van der Waals surface area contributed by atoms with E-state index in [2.05, 4.69) is 17.3 Å². The van der Waals surface area contributed by atoms with Crippen molar-refractivity contribution in [2.45, 2.75) is 44.2 Å². The highest BCUT2D eigenvalue weighted by atomic mass is 15.1. The summed E-state index contributed by atoms with van der Waals surface area (Å²) in [5.41, 5.74) is 5.81. The molecule has 0 aromatic carbocycles. The maximum absolute atomic E-state index is 5.81. The lowest BCUT2D eigenvalue weighted by Crippen LogP contribution is -2.49. The number of likely N-dealkylation sites (N-methyl/N-ethyl adjacent to an activating group) is 1. The normalized spacial score (nSPS) is 38.4. The summed E-state index contributed by atoms with van der Waals surface area (Å²) in [6.07, 6.45) is 6.72. The van der Waals surface area contributed by atoms with Gasteiger partial charge in [0.15, 0.2) is 0 Å². The summed E-state index contributed by atoms with van der Waals surface area (Å²) in [5, 5.41) is 3.83. The first-order chi connectivity index (χ1) is 7.29. The molecule has 3 N–H and O–H groups in total. The molecule has 1 aliphatic carbocycles. The van der Waals surface area contributed by atoms with Crippen molar-refractivity contribution < 1.29 is 0 Å². The van der Waals surface area contributed by atoms with Crippen molar-refractivity contribution in [3.8, 4) is 0 Å². The fourth-order valence-electron chi connectivity index (χ4n) is 3.14. The lowest BCUT2D eigenvalue weighted by Gasteiger charge is -2.33. The van der Waals surface area contributed by atoms with Crippen LogP contribution in [-0.2, 0) is 0 Å². The molecule has 0 spiro atoms. The van der Waals surface area contributed by atoms with Gasteiger partial charge >= 0.3 is 0 Å². The van der Waals surface area contributed by atoms with Crippen LogP contribution in [0.5, 0.6) is 0 Å². The lowest BCUT2D eigenvalue weighted by molar-refractivity contribution is 0.207. The molecule has 0 bridgehead atoms. The van der Waals surface area contributed by atoms with Gasteiger partial charge in [0, 0.05) is 18.6 Å². The molecular weight excluding hydrogens is 186 g/mol. The monoisotopic (exact) mass is 211 g/mol. The van der Waals surface area contributed by atoms with Gasteiger partial charge < -0.3 is 16.0 Å². The molecule has 3 unspecified atom stereocenters. The Labute approximate surface area is 93.4 Å². The third-order valence-corrected chi connectivity index (χ3v) is 4.04. The van der Waals surface area contributed by atoms with Gasteiger partial charge in [0.25, 0.3) is 0 Å². The smallest absolute Gasteiger partial charge is 0.0198 e. The predicted octanol–water partition coefficient (Wildman–Crippen LogP) is 0.798. The van der Waals surface area contributed by atoms with Crippen molar-refractivity contribution in [2.24, 2.45) is 11.7 Å². The molecule has 15 heavy (non-hydrogen) atoms. The Morgan fingerprint density at radius 2 is 2.13 bits per heavy atom. The third-order valence-electron chi connectivity index (χ3n) is 4.04. The molecule has 3 nitrogen and oxygen atoms in total. The zero-order valence-electron chi connectivity index (χ0n) is 9.91. The topological polar surface area (TPSA) is 41.3 Å². The van der Waals surface area contributed by atoms with Crippen LogP contribution in [0.1, 0.15) is 32.1 Å². The van der Waals surface area contributed by atoms with Gasteiger partial charge in [-0.25, -0.2) is 0 Å². The van der Waals surface area contributed by atoms with Crippen molar-refractivity contribution in [3.63, 3.8) is 0 Å². The first-order valence-electron chi connectivity index (χ1n) is 6.44. The van der Waals surface area contributed by atoms with Gasteiger partial charge in [-0.15, -0.1) is 0 Å². The van der Waals surface area contributed by atoms with Crippen molar-refractivity contribution in [1.29, 1.82) is 0 Å². The Morgan fingerprint density at radius 3 is 2.87 bits per heavy atom. The Bertz CT molecular complexity index is 195. The molecule has 2 fully saturated rings. The van der Waals surface area contributed by atoms with Gasteiger partial charge in [-0.05, 0) is 51.7 Å². The van der Waals surface area contributed by atoms with Crippen molar-refractivity contribution in [2.75, 3.05) is 26.7 Å². The van der Waals surface area contributed by atoms with E-state index in [1.165, 1.54) is 45.2 Å². The van der Waals surface area contributed by atoms with Gasteiger partial charge in [-0.2, -0.15) is 0 Å². The van der Waals surface area contributed by atoms with Crippen LogP contribution in [0.15, 0.2) is 0 Å². The first kappa shape index (κ1) is 11.4. The van der Waals surface area contributed by atoms with E-state index in [1.807, 2.05) is 0 Å². The molecule has 0 amide bonds. The molecule has 3 heteroatoms. The number of hydrogen-bond acceptors (Lipinski definition) is 3. The van der Waals surface area contributed by atoms with E-state index in [1.54, 1.807) is 0 Å². The van der Waals surface area contributed by atoms with E-state index < -0.39 is 0 Å². The summed E-state index contributed by atoms with van der Waals surface area (Å²) < 4.78 is 0. The maximum Gasteiger partial charge on any atom is 0.0198 e. The molecule has 1 saturated heterocycles. The Morgan fingerprint density at radius 1 is 1.27 bits per heavy atom. The van der Waals surface area contributed by atoms with Crippen LogP contribution >= 0.6 is 0 Å². The van der Waals surface area contributed by atoms with Gasteiger partial charge in [0.2, 0.25) is 0 Å². The number of nitrogens with two attached hydrogens (primary N) is 1. The Kier molecular flexibility index (Phi) is 4.00. The van der Waals surface area contributed by atoms with Crippen LogP contribution in [0.4, 0.5) is 0 Å². The quantitative estimate of drug-likeness (QED) is 0.725.